The zero-order valence-corrected chi connectivity index (χ0v) is 39.8. The zero-order valence-electron chi connectivity index (χ0n) is 37.9. The summed E-state index contributed by atoms with van der Waals surface area (Å²) < 4.78 is 51.3. The molecule has 0 bridgehead atoms. The van der Waals surface area contributed by atoms with E-state index in [-0.39, 0.29) is 38.5 Å². The number of benzene rings is 4. The molecule has 0 aliphatic carbocycles. The molecule has 1 saturated heterocycles. The van der Waals surface area contributed by atoms with E-state index in [0.717, 1.165) is 10.4 Å². The maximum atomic E-state index is 14.5. The molecular weight excluding hydrogens is 880 g/mol. The summed E-state index contributed by atoms with van der Waals surface area (Å²) in [5, 5.41) is 13.7. The third-order valence-electron chi connectivity index (χ3n) is 10.9. The minimum absolute atomic E-state index is 0.00186. The summed E-state index contributed by atoms with van der Waals surface area (Å²) in [6.07, 6.45) is -1.69. The fourth-order valence-corrected chi connectivity index (χ4v) is 13.5. The predicted octanol–water partition coefficient (Wildman–Crippen LogP) is 8.35. The quantitative estimate of drug-likeness (QED) is 0.0244. The molecule has 1 N–H and O–H groups in total. The lowest BCUT2D eigenvalue weighted by atomic mass is 9.99. The average Bonchev–Trinajstić information content (AvgIpc) is 3.73. The largest absolute Gasteiger partial charge is 0.497 e. The molecular formula is C49H55N4O11PSi. The first-order chi connectivity index (χ1) is 31.8. The third-order valence-corrected chi connectivity index (χ3v) is 17.1. The van der Waals surface area contributed by atoms with Gasteiger partial charge in [0.1, 0.15) is 36.3 Å². The van der Waals surface area contributed by atoms with Crippen LogP contribution in [0.4, 0.5) is 10.6 Å². The number of hydrogen-bond acceptors (Lipinski definition) is 13. The monoisotopic (exact) mass is 934 g/mol. The van der Waals surface area contributed by atoms with Gasteiger partial charge in [0.25, 0.3) is 8.32 Å². The number of ether oxygens (including phenoxy) is 4. The Hall–Kier alpha value is -6.02. The van der Waals surface area contributed by atoms with E-state index in [9.17, 15) is 19.6 Å². The molecule has 2 heterocycles. The SMILES string of the molecule is C=CCOC(=O)Nc1nc(=O)n([C@H]2C[C@H](OP(OCCC#N)OC(C(=O)c3ccccc3)c3cc(OC)cc(OC)c3)[C@@H](CO[Si](c3ccccc3)(c3ccccc3)C(C)(C)C)O2)cc1C. The Morgan fingerprint density at radius 2 is 1.59 bits per heavy atom. The number of ketones is 1. The second kappa shape index (κ2) is 22.9. The van der Waals surface area contributed by atoms with E-state index in [4.69, 9.17) is 36.9 Å². The number of aryl methyl sites for hydroxylation is 1. The molecule has 2 unspecified atom stereocenters. The van der Waals surface area contributed by atoms with Crippen molar-refractivity contribution in [2.24, 2.45) is 0 Å². The van der Waals surface area contributed by atoms with Gasteiger partial charge in [-0.05, 0) is 40.0 Å². The van der Waals surface area contributed by atoms with Crippen molar-refractivity contribution in [2.75, 3.05) is 39.4 Å². The van der Waals surface area contributed by atoms with Gasteiger partial charge in [0.2, 0.25) is 0 Å². The number of anilines is 1. The first-order valence-electron chi connectivity index (χ1n) is 21.3. The average molecular weight is 935 g/mol. The smallest absolute Gasteiger partial charge is 0.413 e. The van der Waals surface area contributed by atoms with E-state index in [1.165, 1.54) is 24.9 Å². The Morgan fingerprint density at radius 1 is 0.985 bits per heavy atom. The lowest BCUT2D eigenvalue weighted by molar-refractivity contribution is -0.0422. The Balaban J connectivity index is 1.41. The molecule has 0 saturated carbocycles. The summed E-state index contributed by atoms with van der Waals surface area (Å²) in [7, 11) is -2.58. The van der Waals surface area contributed by atoms with Crippen LogP contribution < -0.4 is 30.9 Å². The van der Waals surface area contributed by atoms with Crippen LogP contribution in [0, 0.1) is 18.3 Å². The Morgan fingerprint density at radius 3 is 2.15 bits per heavy atom. The molecule has 1 aromatic heterocycles. The summed E-state index contributed by atoms with van der Waals surface area (Å²) in [6, 6.07) is 36.0. The number of nitriles is 1. The van der Waals surface area contributed by atoms with E-state index in [1.54, 1.807) is 61.7 Å². The molecule has 5 aromatic rings. The van der Waals surface area contributed by atoms with Crippen LogP contribution >= 0.6 is 8.60 Å². The van der Waals surface area contributed by atoms with Crippen molar-refractivity contribution in [1.29, 1.82) is 5.26 Å². The number of methoxy groups -OCH3 is 2. The maximum Gasteiger partial charge on any atom is 0.413 e. The lowest BCUT2D eigenvalue weighted by Gasteiger charge is -2.43. The summed E-state index contributed by atoms with van der Waals surface area (Å²) in [5.41, 5.74) is 0.523. The lowest BCUT2D eigenvalue weighted by Crippen LogP contribution is -2.67. The van der Waals surface area contributed by atoms with Gasteiger partial charge in [-0.15, -0.1) is 0 Å². The number of nitrogens with zero attached hydrogens (tertiary/aromatic N) is 3. The summed E-state index contributed by atoms with van der Waals surface area (Å²) in [4.78, 5) is 44.8. The van der Waals surface area contributed by atoms with E-state index in [0.29, 0.717) is 28.2 Å². The van der Waals surface area contributed by atoms with Crippen molar-refractivity contribution in [1.82, 2.24) is 9.55 Å². The Labute approximate surface area is 387 Å². The van der Waals surface area contributed by atoms with Gasteiger partial charge in [-0.2, -0.15) is 10.2 Å². The minimum atomic E-state index is -3.14. The van der Waals surface area contributed by atoms with Crippen molar-refractivity contribution < 1.29 is 46.5 Å². The molecule has 66 heavy (non-hydrogen) atoms. The van der Waals surface area contributed by atoms with Crippen LogP contribution in [0.1, 0.15) is 67.4 Å². The summed E-state index contributed by atoms with van der Waals surface area (Å²) in [5.74, 6) is 0.472. The molecule has 4 aromatic carbocycles. The molecule has 17 heteroatoms. The van der Waals surface area contributed by atoms with E-state index >= 15 is 0 Å². The highest BCUT2D eigenvalue weighted by molar-refractivity contribution is 7.41. The molecule has 1 amide bonds. The van der Waals surface area contributed by atoms with Gasteiger partial charge in [-0.3, -0.25) is 19.2 Å². The first kappa shape index (κ1) is 49.4. The van der Waals surface area contributed by atoms with Crippen molar-refractivity contribution in [3.8, 4) is 17.6 Å². The van der Waals surface area contributed by atoms with Crippen LogP contribution in [0.15, 0.2) is 133 Å². The molecule has 1 aliphatic rings. The Kier molecular flexibility index (Phi) is 17.2. The van der Waals surface area contributed by atoms with Gasteiger partial charge in [-0.25, -0.2) is 9.59 Å². The number of aromatic nitrogens is 2. The molecule has 0 spiro atoms. The number of Topliss-reactive ketones (excluding diaryl/α,β-unsaturated/α-hetero) is 1. The van der Waals surface area contributed by atoms with Crippen molar-refractivity contribution >= 4 is 45.0 Å². The molecule has 5 atom stereocenters. The van der Waals surface area contributed by atoms with Crippen LogP contribution in [0.2, 0.25) is 5.04 Å². The molecule has 6 rings (SSSR count). The van der Waals surface area contributed by atoms with Crippen molar-refractivity contribution in [3.63, 3.8) is 0 Å². The highest BCUT2D eigenvalue weighted by atomic mass is 31.2. The molecule has 1 aliphatic heterocycles. The highest BCUT2D eigenvalue weighted by Gasteiger charge is 2.52. The standard InChI is InChI=1S/C49H55N4O11PSi/c1-8-26-59-48(56)52-46-34(2)32-53(47(55)51-46)43-31-41(42(62-43)33-61-66(49(3,4)5,39-21-14-10-15-22-39)40-23-16-11-17-24-40)63-65(60-27-18-25-50)64-45(44(54)35-19-12-9-13-20-35)36-28-37(57-6)30-38(29-36)58-7/h8-17,19-24,28-30,32,41-43,45H,1,18,26-27,31,33H2,2-7H3,(H,51,52,55,56)/t41-,42+,43+,45?,65?/m0/s1. The highest BCUT2D eigenvalue weighted by Crippen LogP contribution is 2.50. The summed E-state index contributed by atoms with van der Waals surface area (Å²) >= 11 is 0. The number of amides is 1. The maximum absolute atomic E-state index is 14.5. The number of carbonyl (C=O) groups is 2. The molecule has 0 radical (unpaired) electrons. The molecule has 346 valence electrons. The third kappa shape index (κ3) is 11.9. The van der Waals surface area contributed by atoms with Gasteiger partial charge in [-0.1, -0.05) is 124 Å². The number of hydrogen-bond donors (Lipinski definition) is 1. The van der Waals surface area contributed by atoms with E-state index in [1.807, 2.05) is 36.4 Å². The predicted molar refractivity (Wildman–Crippen MR) is 253 cm³/mol. The van der Waals surface area contributed by atoms with Gasteiger partial charge < -0.3 is 32.4 Å². The fourth-order valence-electron chi connectivity index (χ4n) is 7.71. The van der Waals surface area contributed by atoms with Crippen LogP contribution in [0.25, 0.3) is 0 Å². The van der Waals surface area contributed by atoms with Gasteiger partial charge in [0, 0.05) is 29.8 Å². The normalized spacial score (nSPS) is 17.0. The van der Waals surface area contributed by atoms with E-state index < -0.39 is 64.1 Å². The van der Waals surface area contributed by atoms with Crippen LogP contribution in [-0.4, -0.2) is 76.0 Å². The van der Waals surface area contributed by atoms with Crippen LogP contribution in [0.5, 0.6) is 11.5 Å². The Bertz CT molecular complexity index is 2460. The van der Waals surface area contributed by atoms with Crippen LogP contribution in [0.3, 0.4) is 0 Å². The first-order valence-corrected chi connectivity index (χ1v) is 24.3. The van der Waals surface area contributed by atoms with Gasteiger partial charge >= 0.3 is 20.4 Å². The number of nitrogens with one attached hydrogen (secondary N) is 1. The number of carbonyl (C=O) groups excluding carboxylic acids is 2. The summed E-state index contributed by atoms with van der Waals surface area (Å²) in [6.45, 7) is 11.6. The second-order valence-corrected chi connectivity index (χ2v) is 21.7. The number of rotatable bonds is 21. The van der Waals surface area contributed by atoms with Gasteiger partial charge in [0.05, 0.1) is 46.0 Å². The topological polar surface area (TPSA) is 179 Å². The minimum Gasteiger partial charge on any atom is -0.497 e. The zero-order chi connectivity index (χ0) is 47.3. The van der Waals surface area contributed by atoms with Crippen LogP contribution in [-0.2, 0) is 27.5 Å². The second-order valence-electron chi connectivity index (χ2n) is 16.3. The molecule has 15 nitrogen and oxygen atoms in total. The van der Waals surface area contributed by atoms with Crippen molar-refractivity contribution in [2.45, 2.75) is 70.1 Å². The van der Waals surface area contributed by atoms with Crippen molar-refractivity contribution in [3.05, 3.63) is 155 Å². The van der Waals surface area contributed by atoms with Gasteiger partial charge in [0.15, 0.2) is 11.9 Å². The fraction of sp³-hybridized carbons (Fsp3) is 0.327. The molecule has 1 fully saturated rings. The van der Waals surface area contributed by atoms with E-state index in [2.05, 4.69) is 68.0 Å².